The fourth-order valence-corrected chi connectivity index (χ4v) is 11.4. The third kappa shape index (κ3) is 6.07. The van der Waals surface area contributed by atoms with Gasteiger partial charge in [0, 0.05) is 46.3 Å². The minimum atomic E-state index is 0.0631. The molecule has 62 heavy (non-hydrogen) atoms. The highest BCUT2D eigenvalue weighted by Gasteiger charge is 2.45. The van der Waals surface area contributed by atoms with Crippen LogP contribution in [0, 0.1) is 0 Å². The lowest BCUT2D eigenvalue weighted by Crippen LogP contribution is -2.28. The molecule has 2 aliphatic carbocycles. The maximum absolute atomic E-state index is 2.57. The molecule has 1 atom stereocenters. The SMILES string of the molecule is C[C@@H]1/C=C\C=C/CCc2ccccc2N1c1ccc2c(c1)C1(CCCC1)c1cc(/C=C/c3ccc4c(ccc5cc(N6c7ccccc7Cc7ccccc76)ccc54)c3)ccc1-2. The van der Waals surface area contributed by atoms with Gasteiger partial charge in [0.1, 0.15) is 0 Å². The minimum absolute atomic E-state index is 0.0631. The normalized spacial score (nSPS) is 18.4. The van der Waals surface area contributed by atoms with E-state index in [1.54, 1.807) is 0 Å². The molecule has 2 heteroatoms. The first-order chi connectivity index (χ1) is 30.6. The first-order valence-electron chi connectivity index (χ1n) is 22.7. The summed E-state index contributed by atoms with van der Waals surface area (Å²) in [6, 6.07) is 60.0. The number of aryl methyl sites for hydroxylation is 1. The molecule has 300 valence electrons. The number of anilines is 5. The lowest BCUT2D eigenvalue weighted by Gasteiger charge is -2.34. The van der Waals surface area contributed by atoms with Gasteiger partial charge in [0.15, 0.2) is 0 Å². The Labute approximate surface area is 365 Å². The van der Waals surface area contributed by atoms with Crippen molar-refractivity contribution in [2.24, 2.45) is 0 Å². The van der Waals surface area contributed by atoms with Gasteiger partial charge in [-0.05, 0) is 153 Å². The Balaban J connectivity index is 0.853. The number of para-hydroxylation sites is 3. The molecule has 0 aromatic heterocycles. The van der Waals surface area contributed by atoms with Gasteiger partial charge in [-0.15, -0.1) is 0 Å². The van der Waals surface area contributed by atoms with Crippen molar-refractivity contribution in [2.75, 3.05) is 9.80 Å². The van der Waals surface area contributed by atoms with Crippen LogP contribution in [0.4, 0.5) is 28.4 Å². The van der Waals surface area contributed by atoms with Crippen LogP contribution in [0.15, 0.2) is 182 Å². The molecular weight excluding hydrogens is 749 g/mol. The molecule has 1 fully saturated rings. The number of benzene rings is 8. The lowest BCUT2D eigenvalue weighted by atomic mass is 9.76. The van der Waals surface area contributed by atoms with Crippen molar-refractivity contribution < 1.29 is 0 Å². The van der Waals surface area contributed by atoms with Gasteiger partial charge in [-0.25, -0.2) is 0 Å². The highest BCUT2D eigenvalue weighted by molar-refractivity contribution is 6.09. The van der Waals surface area contributed by atoms with E-state index in [0.29, 0.717) is 0 Å². The van der Waals surface area contributed by atoms with E-state index >= 15 is 0 Å². The average molecular weight is 799 g/mol. The smallest absolute Gasteiger partial charge is 0.0497 e. The van der Waals surface area contributed by atoms with Crippen molar-refractivity contribution in [2.45, 2.75) is 63.3 Å². The number of hydrogen-bond acceptors (Lipinski definition) is 2. The quantitative estimate of drug-likeness (QED) is 0.129. The minimum Gasteiger partial charge on any atom is -0.335 e. The Kier molecular flexibility index (Phi) is 8.88. The van der Waals surface area contributed by atoms with E-state index in [0.717, 1.165) is 19.3 Å². The van der Waals surface area contributed by atoms with Crippen LogP contribution in [0.5, 0.6) is 0 Å². The third-order valence-electron chi connectivity index (χ3n) is 14.4. The maximum Gasteiger partial charge on any atom is 0.0497 e. The van der Waals surface area contributed by atoms with Gasteiger partial charge in [-0.3, -0.25) is 0 Å². The van der Waals surface area contributed by atoms with Crippen LogP contribution in [0.2, 0.25) is 0 Å². The van der Waals surface area contributed by atoms with Crippen LogP contribution < -0.4 is 9.80 Å². The fourth-order valence-electron chi connectivity index (χ4n) is 11.4. The molecule has 0 amide bonds. The van der Waals surface area contributed by atoms with E-state index in [1.165, 1.54) is 126 Å². The van der Waals surface area contributed by atoms with Crippen LogP contribution in [0.25, 0.3) is 44.8 Å². The summed E-state index contributed by atoms with van der Waals surface area (Å²) in [6.07, 6.45) is 21.7. The van der Waals surface area contributed by atoms with Gasteiger partial charge in [-0.2, -0.15) is 0 Å². The van der Waals surface area contributed by atoms with Gasteiger partial charge in [0.05, 0.1) is 0 Å². The standard InChI is InChI=1S/C60H50N2/c1-41-14-4-2-3-5-15-44-16-6-9-19-57(44)61(41)50-29-33-54-53-31-25-43(37-55(53)60(56(54)40-50)34-12-13-35-60)23-22-42-24-30-51-45(36-42)26-27-46-39-49(28-32-52(46)51)62-58-20-10-7-17-47(58)38-48-18-8-11-21-59(48)62/h2-4,6-11,14,16-33,36-37,39-41H,5,12-13,15,34-35,38H2,1H3/b3-2-,14-4-,23-22+/t41-/m1/s1. The predicted octanol–water partition coefficient (Wildman–Crippen LogP) is 16.0. The Hall–Kier alpha value is -6.90. The number of fused-ring (bicyclic) bond motifs is 11. The first-order valence-corrected chi connectivity index (χ1v) is 22.7. The zero-order valence-electron chi connectivity index (χ0n) is 35.4. The first kappa shape index (κ1) is 36.9. The zero-order valence-corrected chi connectivity index (χ0v) is 35.4. The summed E-state index contributed by atoms with van der Waals surface area (Å²) in [5.41, 5.74) is 18.9. The van der Waals surface area contributed by atoms with Crippen molar-refractivity contribution in [3.8, 4) is 11.1 Å². The topological polar surface area (TPSA) is 6.48 Å². The fraction of sp³-hybridized carbons (Fsp3) is 0.167. The van der Waals surface area contributed by atoms with Crippen LogP contribution in [-0.4, -0.2) is 6.04 Å². The van der Waals surface area contributed by atoms with Crippen LogP contribution in [0.3, 0.4) is 0 Å². The molecule has 0 bridgehead atoms. The van der Waals surface area contributed by atoms with E-state index < -0.39 is 0 Å². The summed E-state index contributed by atoms with van der Waals surface area (Å²) in [5.74, 6) is 0. The Morgan fingerprint density at radius 1 is 0.532 bits per heavy atom. The Bertz CT molecular complexity index is 3110. The largest absolute Gasteiger partial charge is 0.335 e. The van der Waals surface area contributed by atoms with Crippen molar-refractivity contribution in [1.82, 2.24) is 0 Å². The molecule has 0 radical (unpaired) electrons. The van der Waals surface area contributed by atoms with Crippen molar-refractivity contribution in [3.63, 3.8) is 0 Å². The van der Waals surface area contributed by atoms with Gasteiger partial charge >= 0.3 is 0 Å². The number of allylic oxidation sites excluding steroid dienone is 3. The second kappa shape index (κ2) is 14.9. The van der Waals surface area contributed by atoms with Gasteiger partial charge in [-0.1, -0.05) is 158 Å². The molecule has 0 saturated heterocycles. The van der Waals surface area contributed by atoms with Crippen LogP contribution in [0.1, 0.15) is 78.0 Å². The molecule has 0 unspecified atom stereocenters. The average Bonchev–Trinajstić information content (AvgIpc) is 3.92. The summed E-state index contributed by atoms with van der Waals surface area (Å²) in [6.45, 7) is 2.33. The van der Waals surface area contributed by atoms with E-state index in [2.05, 4.69) is 211 Å². The summed E-state index contributed by atoms with van der Waals surface area (Å²) in [5, 5.41) is 5.10. The Morgan fingerprint density at radius 3 is 1.89 bits per heavy atom. The third-order valence-corrected chi connectivity index (χ3v) is 14.4. The number of rotatable bonds is 4. The molecule has 8 aromatic carbocycles. The van der Waals surface area contributed by atoms with Gasteiger partial charge in [0.2, 0.25) is 0 Å². The van der Waals surface area contributed by atoms with Gasteiger partial charge < -0.3 is 9.80 Å². The molecule has 2 nitrogen and oxygen atoms in total. The van der Waals surface area contributed by atoms with E-state index in [1.807, 2.05) is 0 Å². The molecular formula is C60H50N2. The molecule has 8 aromatic rings. The maximum atomic E-state index is 2.57. The highest BCUT2D eigenvalue weighted by Crippen LogP contribution is 2.58. The zero-order chi connectivity index (χ0) is 41.2. The molecule has 2 heterocycles. The molecule has 1 saturated carbocycles. The molecule has 0 N–H and O–H groups in total. The van der Waals surface area contributed by atoms with E-state index in [-0.39, 0.29) is 11.5 Å². The van der Waals surface area contributed by atoms with E-state index in [4.69, 9.17) is 0 Å². The van der Waals surface area contributed by atoms with Crippen molar-refractivity contribution in [3.05, 3.63) is 221 Å². The Morgan fingerprint density at radius 2 is 1.13 bits per heavy atom. The second-order valence-corrected chi connectivity index (χ2v) is 18.0. The van der Waals surface area contributed by atoms with Gasteiger partial charge in [0.25, 0.3) is 0 Å². The summed E-state index contributed by atoms with van der Waals surface area (Å²) in [4.78, 5) is 5.01. The van der Waals surface area contributed by atoms with Crippen LogP contribution >= 0.6 is 0 Å². The molecule has 2 aliphatic heterocycles. The molecule has 1 spiro atoms. The molecule has 4 aliphatic rings. The number of hydrogen-bond donors (Lipinski definition) is 0. The number of nitrogens with zero attached hydrogens (tertiary/aromatic N) is 2. The predicted molar refractivity (Wildman–Crippen MR) is 264 cm³/mol. The second-order valence-electron chi connectivity index (χ2n) is 18.0. The monoisotopic (exact) mass is 798 g/mol. The van der Waals surface area contributed by atoms with Crippen molar-refractivity contribution in [1.29, 1.82) is 0 Å². The molecule has 12 rings (SSSR count). The lowest BCUT2D eigenvalue weighted by molar-refractivity contribution is 0.549. The highest BCUT2D eigenvalue weighted by atomic mass is 15.2. The summed E-state index contributed by atoms with van der Waals surface area (Å²) in [7, 11) is 0. The van der Waals surface area contributed by atoms with Crippen molar-refractivity contribution >= 4 is 62.1 Å². The summed E-state index contributed by atoms with van der Waals surface area (Å²) >= 11 is 0. The van der Waals surface area contributed by atoms with Crippen LogP contribution in [-0.2, 0) is 18.3 Å². The van der Waals surface area contributed by atoms with E-state index in [9.17, 15) is 0 Å². The summed E-state index contributed by atoms with van der Waals surface area (Å²) < 4.78 is 0.